The Hall–Kier alpha value is -2.43. The number of aliphatic carboxylic acids is 3. The van der Waals surface area contributed by atoms with E-state index in [9.17, 15) is 23.5 Å². The molecule has 19 nitrogen and oxygen atoms in total. The number of rotatable bonds is 10. The first-order chi connectivity index (χ1) is 14.0. The van der Waals surface area contributed by atoms with Crippen molar-refractivity contribution in [1.29, 1.82) is 0 Å². The number of aliphatic hydroxyl groups is 1. The van der Waals surface area contributed by atoms with Gasteiger partial charge < -0.3 is 40.0 Å². The zero-order valence-corrected chi connectivity index (χ0v) is 17.4. The Balaban J connectivity index is -0.0000000824. The van der Waals surface area contributed by atoms with Crippen molar-refractivity contribution in [3.05, 3.63) is 9.93 Å². The quantitative estimate of drug-likeness (QED) is 0.130. The molecular weight excluding hydrogens is 494 g/mol. The van der Waals surface area contributed by atoms with Gasteiger partial charge in [-0.05, 0) is 0 Å². The standard InChI is InChI=1S/C5H10NO7P.C3H8NO5P.CO2.CH4O.CH4.O2/c7-4(8)1-6(2-5(9)10)3-14(11,12)13;5-3(6)1-4-2-10(7,8)9;2-1-3;1-2;;1-2/h1-3H2,(H,7,8)(H,9,10)(H2,11,12,13);4H,1-2H2,(H,5,6)(H2,7,8,9);;2H,1H3;1H4;. The molecule has 192 valence electrons. The van der Waals surface area contributed by atoms with Crippen LogP contribution in [-0.4, -0.2) is 108 Å². The molecule has 9 N–H and O–H groups in total. The Labute approximate surface area is 180 Å². The Morgan fingerprint density at radius 2 is 1.12 bits per heavy atom. The molecule has 0 radical (unpaired) electrons. The summed E-state index contributed by atoms with van der Waals surface area (Å²) in [6, 6.07) is 0. The van der Waals surface area contributed by atoms with E-state index in [2.05, 4.69) is 5.32 Å². The second-order valence-electron chi connectivity index (χ2n) is 4.31. The molecule has 0 heterocycles. The molecular formula is C11H26N2O17P2. The Morgan fingerprint density at radius 1 is 0.812 bits per heavy atom. The highest BCUT2D eigenvalue weighted by Crippen LogP contribution is 2.34. The van der Waals surface area contributed by atoms with Gasteiger partial charge in [0.1, 0.15) is 6.29 Å². The fourth-order valence-electron chi connectivity index (χ4n) is 1.11. The molecule has 0 unspecified atom stereocenters. The minimum absolute atomic E-state index is 0. The van der Waals surface area contributed by atoms with E-state index in [-0.39, 0.29) is 13.6 Å². The van der Waals surface area contributed by atoms with Crippen LogP contribution in [0.25, 0.3) is 0 Å². The third-order valence-corrected chi connectivity index (χ3v) is 3.10. The van der Waals surface area contributed by atoms with Crippen molar-refractivity contribution in [2.75, 3.05) is 39.3 Å². The second-order valence-corrected chi connectivity index (χ2v) is 7.57. The summed E-state index contributed by atoms with van der Waals surface area (Å²) in [6.07, 6.45) is -1.23. The van der Waals surface area contributed by atoms with Gasteiger partial charge >= 0.3 is 39.3 Å². The maximum atomic E-state index is 10.5. The van der Waals surface area contributed by atoms with Gasteiger partial charge in [-0.1, -0.05) is 7.43 Å². The average molecular weight is 520 g/mol. The van der Waals surface area contributed by atoms with Crippen LogP contribution in [0.2, 0.25) is 0 Å². The number of carboxylic acid groups (broad SMARTS) is 3. The summed E-state index contributed by atoms with van der Waals surface area (Å²) in [4.78, 5) is 94.4. The molecule has 32 heavy (non-hydrogen) atoms. The van der Waals surface area contributed by atoms with Gasteiger partial charge in [0.05, 0.1) is 25.9 Å². The van der Waals surface area contributed by atoms with Crippen molar-refractivity contribution in [1.82, 2.24) is 10.2 Å². The van der Waals surface area contributed by atoms with E-state index in [1.807, 2.05) is 0 Å². The van der Waals surface area contributed by atoms with Gasteiger partial charge in [0.25, 0.3) is 0 Å². The first kappa shape index (κ1) is 43.4. The first-order valence-corrected chi connectivity index (χ1v) is 10.4. The van der Waals surface area contributed by atoms with E-state index < -0.39 is 65.3 Å². The van der Waals surface area contributed by atoms with Gasteiger partial charge in [0, 0.05) is 17.0 Å². The second kappa shape index (κ2) is 26.6. The van der Waals surface area contributed by atoms with Gasteiger partial charge in [-0.15, -0.1) is 0 Å². The molecule has 0 saturated heterocycles. The van der Waals surface area contributed by atoms with Gasteiger partial charge in [-0.3, -0.25) is 33.7 Å². The van der Waals surface area contributed by atoms with Crippen LogP contribution < -0.4 is 5.32 Å². The van der Waals surface area contributed by atoms with Crippen LogP contribution in [-0.2, 0) is 33.1 Å². The molecule has 0 aromatic heterocycles. The number of hydrogen-bond acceptors (Lipinski definition) is 12. The average Bonchev–Trinajstić information content (AvgIpc) is 2.55. The number of nitrogens with one attached hydrogen (secondary N) is 1. The normalized spacial score (nSPS) is 9.22. The molecule has 0 saturated carbocycles. The van der Waals surface area contributed by atoms with Crippen molar-refractivity contribution in [2.45, 2.75) is 7.43 Å². The van der Waals surface area contributed by atoms with E-state index in [1.54, 1.807) is 0 Å². The van der Waals surface area contributed by atoms with Gasteiger partial charge in [-0.2, -0.15) is 9.59 Å². The molecule has 0 aliphatic heterocycles. The summed E-state index contributed by atoms with van der Waals surface area (Å²) >= 11 is 0. The summed E-state index contributed by atoms with van der Waals surface area (Å²) in [5.74, 6) is -3.84. The van der Waals surface area contributed by atoms with Gasteiger partial charge in [-0.25, -0.2) is 0 Å². The SMILES string of the molecule is C.CO.O=C(O)CN(CC(=O)O)CP(=O)(O)O.O=C(O)CNCP(=O)(O)O.O=C=O.O=O. The lowest BCUT2D eigenvalue weighted by molar-refractivity contribution is -0.191. The van der Waals surface area contributed by atoms with E-state index in [0.717, 1.165) is 7.11 Å². The highest BCUT2D eigenvalue weighted by Gasteiger charge is 2.22. The summed E-state index contributed by atoms with van der Waals surface area (Å²) in [7, 11) is -7.53. The number of nitrogens with zero attached hydrogens (tertiary/aromatic N) is 1. The molecule has 0 fully saturated rings. The van der Waals surface area contributed by atoms with E-state index in [1.165, 1.54) is 0 Å². The molecule has 0 aliphatic carbocycles. The zero-order valence-electron chi connectivity index (χ0n) is 15.6. The van der Waals surface area contributed by atoms with E-state index >= 15 is 0 Å². The summed E-state index contributed by atoms with van der Waals surface area (Å²) < 4.78 is 20.5. The number of carboxylic acids is 3. The summed E-state index contributed by atoms with van der Waals surface area (Å²) in [6.45, 7) is -1.89. The molecule has 0 atom stereocenters. The Kier molecular flexibility index (Phi) is 36.1. The highest BCUT2D eigenvalue weighted by atomic mass is 31.2. The number of carbonyl (C=O) groups excluding carboxylic acids is 2. The molecule has 0 amide bonds. The summed E-state index contributed by atoms with van der Waals surface area (Å²) in [5.41, 5.74) is 0. The number of carbonyl (C=O) groups is 3. The molecule has 0 bridgehead atoms. The largest absolute Gasteiger partial charge is 0.480 e. The van der Waals surface area contributed by atoms with Crippen LogP contribution >= 0.6 is 15.2 Å². The predicted molar refractivity (Wildman–Crippen MR) is 103 cm³/mol. The molecule has 0 spiro atoms. The number of hydrogen-bond donors (Lipinski definition) is 9. The predicted octanol–water partition coefficient (Wildman–Crippen LogP) is -2.88. The van der Waals surface area contributed by atoms with Crippen LogP contribution in [0.3, 0.4) is 0 Å². The zero-order chi connectivity index (χ0) is 26.3. The van der Waals surface area contributed by atoms with Gasteiger partial charge in [0.2, 0.25) is 0 Å². The van der Waals surface area contributed by atoms with E-state index in [0.29, 0.717) is 4.90 Å². The molecule has 0 aromatic carbocycles. The molecule has 0 rings (SSSR count). The third kappa shape index (κ3) is 63.0. The van der Waals surface area contributed by atoms with Crippen molar-refractivity contribution in [3.63, 3.8) is 0 Å². The first-order valence-electron chi connectivity index (χ1n) is 6.82. The van der Waals surface area contributed by atoms with Crippen molar-refractivity contribution >= 4 is 39.3 Å². The topological polar surface area (TPSA) is 331 Å². The molecule has 0 aromatic rings. The molecule has 21 heteroatoms. The fraction of sp³-hybridized carbons (Fsp3) is 0.636. The minimum Gasteiger partial charge on any atom is -0.480 e. The van der Waals surface area contributed by atoms with Crippen molar-refractivity contribution < 1.29 is 73.1 Å². The minimum atomic E-state index is -4.44. The number of aliphatic hydroxyl groups excluding tert-OH is 1. The maximum Gasteiger partial charge on any atom is 0.373 e. The lowest BCUT2D eigenvalue weighted by Crippen LogP contribution is -2.35. The summed E-state index contributed by atoms with van der Waals surface area (Å²) in [5, 5.41) is 33.7. The van der Waals surface area contributed by atoms with Crippen LogP contribution in [0, 0.1) is 9.93 Å². The van der Waals surface area contributed by atoms with Crippen LogP contribution in [0.15, 0.2) is 0 Å². The van der Waals surface area contributed by atoms with Crippen LogP contribution in [0.5, 0.6) is 0 Å². The fourth-order valence-corrected chi connectivity index (χ4v) is 2.23. The Bertz CT molecular complexity index is 608. The molecule has 0 aliphatic rings. The lowest BCUT2D eigenvalue weighted by atomic mass is 10.5. The van der Waals surface area contributed by atoms with E-state index in [4.69, 9.17) is 59.5 Å². The van der Waals surface area contributed by atoms with Crippen molar-refractivity contribution in [2.24, 2.45) is 0 Å². The highest BCUT2D eigenvalue weighted by molar-refractivity contribution is 7.51. The third-order valence-electron chi connectivity index (χ3n) is 1.70. The van der Waals surface area contributed by atoms with Crippen LogP contribution in [0.4, 0.5) is 0 Å². The monoisotopic (exact) mass is 520 g/mol. The smallest absolute Gasteiger partial charge is 0.373 e. The maximum absolute atomic E-state index is 10.5. The van der Waals surface area contributed by atoms with Crippen molar-refractivity contribution in [3.8, 4) is 0 Å². The lowest BCUT2D eigenvalue weighted by Gasteiger charge is -2.17. The Morgan fingerprint density at radius 3 is 1.31 bits per heavy atom. The van der Waals surface area contributed by atoms with Crippen LogP contribution in [0.1, 0.15) is 7.43 Å². The van der Waals surface area contributed by atoms with Gasteiger partial charge in [0.15, 0.2) is 0 Å².